The van der Waals surface area contributed by atoms with Crippen molar-refractivity contribution in [3.05, 3.63) is 59.2 Å². The maximum absolute atomic E-state index is 10.7. The van der Waals surface area contributed by atoms with E-state index >= 15 is 0 Å². The molecule has 180 valence electrons. The van der Waals surface area contributed by atoms with E-state index < -0.39 is 6.10 Å². The van der Waals surface area contributed by atoms with Crippen molar-refractivity contribution in [1.82, 2.24) is 0 Å². The van der Waals surface area contributed by atoms with Gasteiger partial charge in [0.15, 0.2) is 0 Å². The van der Waals surface area contributed by atoms with Crippen molar-refractivity contribution >= 4 is 0 Å². The molecule has 0 saturated heterocycles. The van der Waals surface area contributed by atoms with Gasteiger partial charge in [0.25, 0.3) is 0 Å². The van der Waals surface area contributed by atoms with Gasteiger partial charge < -0.3 is 31.5 Å². The summed E-state index contributed by atoms with van der Waals surface area (Å²) in [5, 5.41) is 10.7. The Morgan fingerprint density at radius 1 is 0.906 bits per heavy atom. The molecule has 5 heteroatoms. The van der Waals surface area contributed by atoms with Crippen molar-refractivity contribution in [1.29, 1.82) is 0 Å². The van der Waals surface area contributed by atoms with Crippen LogP contribution in [0.1, 0.15) is 58.2 Å². The SMILES string of the molecule is COc1ccc(C[N+](C)(C)CC(O)COc2ccc(C(C)(C)C)cc2C(C)(C)C)cc1.[Cl-]. The zero-order chi connectivity index (χ0) is 23.4. The van der Waals surface area contributed by atoms with E-state index in [0.29, 0.717) is 11.0 Å². The van der Waals surface area contributed by atoms with Crippen LogP contribution in [0.3, 0.4) is 0 Å². The van der Waals surface area contributed by atoms with Gasteiger partial charge in [-0.15, -0.1) is 0 Å². The van der Waals surface area contributed by atoms with Crippen molar-refractivity contribution in [3.8, 4) is 11.5 Å². The van der Waals surface area contributed by atoms with Gasteiger partial charge in [-0.05, 0) is 52.3 Å². The van der Waals surface area contributed by atoms with Gasteiger partial charge in [-0.2, -0.15) is 0 Å². The normalized spacial score (nSPS) is 13.3. The highest BCUT2D eigenvalue weighted by molar-refractivity contribution is 5.43. The minimum atomic E-state index is -0.552. The molecule has 0 aliphatic heterocycles. The Morgan fingerprint density at radius 2 is 1.50 bits per heavy atom. The van der Waals surface area contributed by atoms with Crippen LogP contribution in [-0.2, 0) is 17.4 Å². The summed E-state index contributed by atoms with van der Waals surface area (Å²) in [4.78, 5) is 0. The van der Waals surface area contributed by atoms with Crippen LogP contribution in [0.25, 0.3) is 0 Å². The summed E-state index contributed by atoms with van der Waals surface area (Å²) >= 11 is 0. The number of methoxy groups -OCH3 is 1. The lowest BCUT2D eigenvalue weighted by Crippen LogP contribution is -3.00. The number of aliphatic hydroxyl groups is 1. The summed E-state index contributed by atoms with van der Waals surface area (Å²) in [5.41, 5.74) is 3.74. The quantitative estimate of drug-likeness (QED) is 0.610. The summed E-state index contributed by atoms with van der Waals surface area (Å²) in [6.07, 6.45) is -0.552. The van der Waals surface area contributed by atoms with Crippen LogP contribution in [0.5, 0.6) is 11.5 Å². The van der Waals surface area contributed by atoms with Gasteiger partial charge >= 0.3 is 0 Å². The zero-order valence-corrected chi connectivity index (χ0v) is 22.1. The van der Waals surface area contributed by atoms with E-state index in [2.05, 4.69) is 86.0 Å². The first-order chi connectivity index (χ1) is 14.2. The van der Waals surface area contributed by atoms with E-state index in [4.69, 9.17) is 9.47 Å². The number of halogens is 1. The minimum absolute atomic E-state index is 0. The van der Waals surface area contributed by atoms with Gasteiger partial charge in [0.1, 0.15) is 37.3 Å². The van der Waals surface area contributed by atoms with E-state index in [1.54, 1.807) is 7.11 Å². The molecule has 0 saturated carbocycles. The Labute approximate surface area is 201 Å². The molecule has 0 aliphatic rings. The maximum atomic E-state index is 10.7. The molecule has 4 nitrogen and oxygen atoms in total. The number of aliphatic hydroxyl groups excluding tert-OH is 1. The smallest absolute Gasteiger partial charge is 0.137 e. The van der Waals surface area contributed by atoms with Crippen LogP contribution in [0, 0.1) is 0 Å². The van der Waals surface area contributed by atoms with E-state index in [1.807, 2.05) is 12.1 Å². The molecule has 0 heterocycles. The van der Waals surface area contributed by atoms with Gasteiger partial charge in [0.05, 0.1) is 21.2 Å². The van der Waals surface area contributed by atoms with Gasteiger partial charge in [0, 0.05) is 5.56 Å². The lowest BCUT2D eigenvalue weighted by Gasteiger charge is -2.32. The van der Waals surface area contributed by atoms with Crippen LogP contribution in [-0.4, -0.2) is 50.1 Å². The number of hydrogen-bond acceptors (Lipinski definition) is 3. The Kier molecular flexibility index (Phi) is 9.65. The summed E-state index contributed by atoms with van der Waals surface area (Å²) in [5.74, 6) is 1.72. The third-order valence-electron chi connectivity index (χ3n) is 5.56. The first-order valence-corrected chi connectivity index (χ1v) is 11.1. The van der Waals surface area contributed by atoms with E-state index in [9.17, 15) is 5.11 Å². The minimum Gasteiger partial charge on any atom is -1.00 e. The molecule has 1 unspecified atom stereocenters. The topological polar surface area (TPSA) is 38.7 Å². The molecule has 0 fully saturated rings. The fourth-order valence-corrected chi connectivity index (χ4v) is 3.81. The van der Waals surface area contributed by atoms with E-state index in [-0.39, 0.29) is 29.8 Å². The molecular weight excluding hydrogens is 422 g/mol. The van der Waals surface area contributed by atoms with Gasteiger partial charge in [-0.3, -0.25) is 0 Å². The summed E-state index contributed by atoms with van der Waals surface area (Å²) < 4.78 is 12.1. The average molecular weight is 464 g/mol. The Bertz CT molecular complexity index is 849. The number of benzene rings is 2. The Morgan fingerprint density at radius 3 is 2.00 bits per heavy atom. The lowest BCUT2D eigenvalue weighted by molar-refractivity contribution is -0.906. The summed E-state index contributed by atoms with van der Waals surface area (Å²) in [6.45, 7) is 15.0. The molecule has 1 N–H and O–H groups in total. The Balaban J connectivity index is 0.00000512. The van der Waals surface area contributed by atoms with Crippen molar-refractivity contribution < 1.29 is 31.5 Å². The highest BCUT2D eigenvalue weighted by Gasteiger charge is 2.25. The predicted octanol–water partition coefficient (Wildman–Crippen LogP) is 2.31. The number of likely N-dealkylation sites (N-methyl/N-ethyl adjacent to an activating group) is 1. The average Bonchev–Trinajstić information content (AvgIpc) is 2.64. The Hall–Kier alpha value is -1.75. The molecule has 0 aliphatic carbocycles. The second-order valence-corrected chi connectivity index (χ2v) is 11.3. The van der Waals surface area contributed by atoms with Crippen LogP contribution in [0.2, 0.25) is 0 Å². The van der Waals surface area contributed by atoms with E-state index in [1.165, 1.54) is 16.7 Å². The lowest BCUT2D eigenvalue weighted by atomic mass is 9.80. The van der Waals surface area contributed by atoms with Gasteiger partial charge in [0.2, 0.25) is 0 Å². The second-order valence-electron chi connectivity index (χ2n) is 11.3. The van der Waals surface area contributed by atoms with Crippen LogP contribution in [0.4, 0.5) is 0 Å². The molecular formula is C27H42ClNO3. The third-order valence-corrected chi connectivity index (χ3v) is 5.56. The number of nitrogens with zero attached hydrogens (tertiary/aromatic N) is 1. The molecule has 2 rings (SSSR count). The van der Waals surface area contributed by atoms with Gasteiger partial charge in [-0.1, -0.05) is 53.7 Å². The van der Waals surface area contributed by atoms with Crippen molar-refractivity contribution in [3.63, 3.8) is 0 Å². The molecule has 0 bridgehead atoms. The molecule has 0 aromatic heterocycles. The van der Waals surface area contributed by atoms with Crippen LogP contribution in [0.15, 0.2) is 42.5 Å². The predicted molar refractivity (Wildman–Crippen MR) is 129 cm³/mol. The highest BCUT2D eigenvalue weighted by atomic mass is 35.5. The number of rotatable bonds is 8. The first-order valence-electron chi connectivity index (χ1n) is 11.1. The van der Waals surface area contributed by atoms with Gasteiger partial charge in [-0.25, -0.2) is 0 Å². The fourth-order valence-electron chi connectivity index (χ4n) is 3.81. The van der Waals surface area contributed by atoms with Crippen molar-refractivity contribution in [2.45, 2.75) is 65.0 Å². The number of hydrogen-bond donors (Lipinski definition) is 1. The molecule has 2 aromatic carbocycles. The number of quaternary nitrogens is 1. The highest BCUT2D eigenvalue weighted by Crippen LogP contribution is 2.35. The first kappa shape index (κ1) is 28.3. The largest absolute Gasteiger partial charge is 1.00 e. The molecule has 0 radical (unpaired) electrons. The monoisotopic (exact) mass is 463 g/mol. The fraction of sp³-hybridized carbons (Fsp3) is 0.556. The molecule has 32 heavy (non-hydrogen) atoms. The van der Waals surface area contributed by atoms with Crippen LogP contribution < -0.4 is 21.9 Å². The zero-order valence-electron chi connectivity index (χ0n) is 21.3. The standard InChI is InChI=1S/C27H42NO3.ClH/c1-26(2,3)21-12-15-25(24(16-21)27(4,5)6)31-19-22(29)18-28(7,8)17-20-10-13-23(30-9)14-11-20;/h10-16,22,29H,17-19H2,1-9H3;1H/q+1;/p-1. The van der Waals surface area contributed by atoms with E-state index in [0.717, 1.165) is 18.0 Å². The molecule has 0 spiro atoms. The van der Waals surface area contributed by atoms with Crippen LogP contribution >= 0.6 is 0 Å². The third kappa shape index (κ3) is 8.31. The number of ether oxygens (including phenoxy) is 2. The second kappa shape index (κ2) is 10.9. The van der Waals surface area contributed by atoms with Crippen molar-refractivity contribution in [2.75, 3.05) is 34.4 Å². The van der Waals surface area contributed by atoms with Crippen molar-refractivity contribution in [2.24, 2.45) is 0 Å². The molecule has 1 atom stereocenters. The molecule has 0 amide bonds. The summed E-state index contributed by atoms with van der Waals surface area (Å²) in [6, 6.07) is 14.6. The summed E-state index contributed by atoms with van der Waals surface area (Å²) in [7, 11) is 5.94. The molecule has 2 aromatic rings. The maximum Gasteiger partial charge on any atom is 0.137 e.